The molecule has 2 aromatic carbocycles. The molecule has 4 nitrogen and oxygen atoms in total. The molecule has 0 heterocycles. The Bertz CT molecular complexity index is 680. The lowest BCUT2D eigenvalue weighted by Gasteiger charge is -2.28. The Kier molecular flexibility index (Phi) is 5.51. The zero-order valence-electron chi connectivity index (χ0n) is 14.6. The Morgan fingerprint density at radius 3 is 1.75 bits per heavy atom. The first kappa shape index (κ1) is 18.3. The SMILES string of the molecule is CN(CP(=O)(c1ccccc1)c1ccccc1)C(=O)OC(C)(C)C. The number of rotatable bonds is 4. The first-order valence-corrected chi connectivity index (χ1v) is 9.76. The van der Waals surface area contributed by atoms with E-state index in [4.69, 9.17) is 4.74 Å². The number of hydrogen-bond donors (Lipinski definition) is 0. The number of carbonyl (C=O) groups excluding carboxylic acids is 1. The molecule has 128 valence electrons. The van der Waals surface area contributed by atoms with E-state index in [1.165, 1.54) is 4.90 Å². The molecule has 0 spiro atoms. The lowest BCUT2D eigenvalue weighted by atomic mass is 10.2. The van der Waals surface area contributed by atoms with Crippen molar-refractivity contribution in [2.75, 3.05) is 13.3 Å². The predicted molar refractivity (Wildman–Crippen MR) is 98.6 cm³/mol. The highest BCUT2D eigenvalue weighted by Crippen LogP contribution is 2.43. The second kappa shape index (κ2) is 7.23. The molecule has 0 aliphatic heterocycles. The van der Waals surface area contributed by atoms with Gasteiger partial charge in [-0.1, -0.05) is 60.7 Å². The maximum Gasteiger partial charge on any atom is 0.410 e. The quantitative estimate of drug-likeness (QED) is 0.792. The Hall–Kier alpha value is -2.06. The maximum absolute atomic E-state index is 13.8. The third kappa shape index (κ3) is 4.48. The molecule has 1 amide bonds. The molecule has 5 heteroatoms. The highest BCUT2D eigenvalue weighted by Gasteiger charge is 2.31. The van der Waals surface area contributed by atoms with Crippen molar-refractivity contribution >= 4 is 23.8 Å². The van der Waals surface area contributed by atoms with Gasteiger partial charge in [-0.05, 0) is 20.8 Å². The van der Waals surface area contributed by atoms with Crippen molar-refractivity contribution in [1.82, 2.24) is 4.90 Å². The van der Waals surface area contributed by atoms with Gasteiger partial charge in [-0.3, -0.25) is 0 Å². The summed E-state index contributed by atoms with van der Waals surface area (Å²) in [4.78, 5) is 13.7. The average Bonchev–Trinajstić information content (AvgIpc) is 2.54. The molecular weight excluding hydrogens is 321 g/mol. The molecule has 0 saturated heterocycles. The standard InChI is InChI=1S/C19H24NO3P/c1-19(2,3)23-18(21)20(4)15-24(22,16-11-7-5-8-12-16)17-13-9-6-10-14-17/h5-14H,15H2,1-4H3. The third-order valence-corrected chi connectivity index (χ3v) is 6.55. The summed E-state index contributed by atoms with van der Waals surface area (Å²) < 4.78 is 19.2. The van der Waals surface area contributed by atoms with E-state index < -0.39 is 18.8 Å². The maximum atomic E-state index is 13.8. The van der Waals surface area contributed by atoms with Crippen molar-refractivity contribution in [3.05, 3.63) is 60.7 Å². The second-order valence-corrected chi connectivity index (χ2v) is 9.53. The van der Waals surface area contributed by atoms with Crippen LogP contribution in [0.15, 0.2) is 60.7 Å². The summed E-state index contributed by atoms with van der Waals surface area (Å²) in [5.41, 5.74) is -0.588. The molecule has 0 fully saturated rings. The normalized spacial score (nSPS) is 11.8. The lowest BCUT2D eigenvalue weighted by Crippen LogP contribution is -2.37. The molecule has 0 saturated carbocycles. The van der Waals surface area contributed by atoms with Gasteiger partial charge in [-0.2, -0.15) is 0 Å². The number of hydrogen-bond acceptors (Lipinski definition) is 3. The van der Waals surface area contributed by atoms with Gasteiger partial charge in [-0.25, -0.2) is 4.79 Å². The lowest BCUT2D eigenvalue weighted by molar-refractivity contribution is 0.0327. The number of benzene rings is 2. The topological polar surface area (TPSA) is 46.6 Å². The molecule has 0 atom stereocenters. The number of ether oxygens (including phenoxy) is 1. The summed E-state index contributed by atoms with van der Waals surface area (Å²) in [5, 5.41) is 1.46. The fourth-order valence-corrected chi connectivity index (χ4v) is 4.99. The Labute approximate surface area is 143 Å². The van der Waals surface area contributed by atoms with Gasteiger partial charge in [0.25, 0.3) is 0 Å². The van der Waals surface area contributed by atoms with Crippen LogP contribution in [0.1, 0.15) is 20.8 Å². The molecule has 2 aromatic rings. The minimum absolute atomic E-state index is 0.0932. The van der Waals surface area contributed by atoms with Gasteiger partial charge in [0.15, 0.2) is 7.14 Å². The minimum atomic E-state index is -2.97. The van der Waals surface area contributed by atoms with Crippen molar-refractivity contribution in [3.8, 4) is 0 Å². The van der Waals surface area contributed by atoms with E-state index in [0.29, 0.717) is 0 Å². The van der Waals surface area contributed by atoms with Crippen molar-refractivity contribution in [3.63, 3.8) is 0 Å². The summed E-state index contributed by atoms with van der Waals surface area (Å²) in [6.07, 6.45) is -0.384. The molecule has 0 unspecified atom stereocenters. The van der Waals surface area contributed by atoms with E-state index in [1.807, 2.05) is 81.4 Å². The monoisotopic (exact) mass is 345 g/mol. The molecule has 0 aliphatic rings. The van der Waals surface area contributed by atoms with Crippen molar-refractivity contribution < 1.29 is 14.1 Å². The summed E-state index contributed by atoms with van der Waals surface area (Å²) in [7, 11) is -1.36. The first-order chi connectivity index (χ1) is 11.2. The summed E-state index contributed by atoms with van der Waals surface area (Å²) >= 11 is 0. The Morgan fingerprint density at radius 2 is 1.38 bits per heavy atom. The van der Waals surface area contributed by atoms with Gasteiger partial charge in [0.1, 0.15) is 5.60 Å². The second-order valence-electron chi connectivity index (χ2n) is 6.73. The van der Waals surface area contributed by atoms with Crippen molar-refractivity contribution in [1.29, 1.82) is 0 Å². The number of nitrogens with zero attached hydrogens (tertiary/aromatic N) is 1. The van der Waals surface area contributed by atoms with Crippen LogP contribution in [0.5, 0.6) is 0 Å². The van der Waals surface area contributed by atoms with Crippen LogP contribution < -0.4 is 10.6 Å². The molecule has 0 bridgehead atoms. The van der Waals surface area contributed by atoms with Crippen LogP contribution >= 0.6 is 7.14 Å². The summed E-state index contributed by atoms with van der Waals surface area (Å²) in [6, 6.07) is 18.6. The van der Waals surface area contributed by atoms with Gasteiger partial charge < -0.3 is 14.2 Å². The van der Waals surface area contributed by atoms with E-state index in [9.17, 15) is 9.36 Å². The van der Waals surface area contributed by atoms with Gasteiger partial charge in [-0.15, -0.1) is 0 Å². The summed E-state index contributed by atoms with van der Waals surface area (Å²) in [6.45, 7) is 5.44. The summed E-state index contributed by atoms with van der Waals surface area (Å²) in [5.74, 6) is 0. The van der Waals surface area contributed by atoms with Crippen LogP contribution in [0.4, 0.5) is 4.79 Å². The van der Waals surface area contributed by atoms with E-state index >= 15 is 0 Å². The van der Waals surface area contributed by atoms with Crippen molar-refractivity contribution in [2.45, 2.75) is 26.4 Å². The zero-order chi connectivity index (χ0) is 17.8. The van der Waals surface area contributed by atoms with E-state index in [-0.39, 0.29) is 6.29 Å². The van der Waals surface area contributed by atoms with Crippen LogP contribution in [-0.4, -0.2) is 29.9 Å². The van der Waals surface area contributed by atoms with Gasteiger partial charge in [0.2, 0.25) is 0 Å². The highest BCUT2D eigenvalue weighted by molar-refractivity contribution is 7.78. The molecule has 24 heavy (non-hydrogen) atoms. The van der Waals surface area contributed by atoms with Crippen LogP contribution in [0.25, 0.3) is 0 Å². The molecular formula is C19H24NO3P. The average molecular weight is 345 g/mol. The molecule has 0 radical (unpaired) electrons. The van der Waals surface area contributed by atoms with E-state index in [0.717, 1.165) is 10.6 Å². The van der Waals surface area contributed by atoms with Crippen molar-refractivity contribution in [2.24, 2.45) is 0 Å². The fraction of sp³-hybridized carbons (Fsp3) is 0.316. The Balaban J connectivity index is 2.35. The number of carbonyl (C=O) groups is 1. The first-order valence-electron chi connectivity index (χ1n) is 7.87. The van der Waals surface area contributed by atoms with E-state index in [2.05, 4.69) is 0 Å². The van der Waals surface area contributed by atoms with Crippen LogP contribution in [0.3, 0.4) is 0 Å². The van der Waals surface area contributed by atoms with Crippen LogP contribution in [-0.2, 0) is 9.30 Å². The van der Waals surface area contributed by atoms with Gasteiger partial charge in [0, 0.05) is 17.7 Å². The van der Waals surface area contributed by atoms with Crippen LogP contribution in [0.2, 0.25) is 0 Å². The molecule has 0 aliphatic carbocycles. The Morgan fingerprint density at radius 1 is 0.958 bits per heavy atom. The molecule has 0 N–H and O–H groups in total. The smallest absolute Gasteiger partial charge is 0.410 e. The minimum Gasteiger partial charge on any atom is -0.444 e. The van der Waals surface area contributed by atoms with Crippen LogP contribution in [0, 0.1) is 0 Å². The highest BCUT2D eigenvalue weighted by atomic mass is 31.2. The largest absolute Gasteiger partial charge is 0.444 e. The van der Waals surface area contributed by atoms with Gasteiger partial charge >= 0.3 is 6.09 Å². The van der Waals surface area contributed by atoms with E-state index in [1.54, 1.807) is 7.05 Å². The molecule has 2 rings (SSSR count). The third-order valence-electron chi connectivity index (χ3n) is 3.46. The number of amides is 1. The predicted octanol–water partition coefficient (Wildman–Crippen LogP) is 3.82. The fourth-order valence-electron chi connectivity index (χ4n) is 2.35. The van der Waals surface area contributed by atoms with Gasteiger partial charge in [0.05, 0.1) is 6.29 Å². The zero-order valence-corrected chi connectivity index (χ0v) is 15.5. The molecule has 0 aromatic heterocycles.